The van der Waals surface area contributed by atoms with Crippen molar-refractivity contribution in [2.24, 2.45) is 11.8 Å². The summed E-state index contributed by atoms with van der Waals surface area (Å²) in [4.78, 5) is 7.25. The predicted octanol–water partition coefficient (Wildman–Crippen LogP) is 4.89. The molecule has 20 heavy (non-hydrogen) atoms. The molecule has 0 aliphatic heterocycles. The second-order valence-corrected chi connectivity index (χ2v) is 6.67. The fraction of sp³-hybridized carbons (Fsp3) is 0.706. The molecule has 114 valence electrons. The monoisotopic (exact) mass is 296 g/mol. The molecule has 1 aromatic heterocycles. The van der Waals surface area contributed by atoms with Crippen molar-refractivity contribution < 1.29 is 0 Å². The van der Waals surface area contributed by atoms with Crippen molar-refractivity contribution >= 4 is 17.4 Å². The van der Waals surface area contributed by atoms with E-state index in [0.717, 1.165) is 37.4 Å². The smallest absolute Gasteiger partial charge is 0.129 e. The third-order valence-corrected chi connectivity index (χ3v) is 3.39. The maximum absolute atomic E-state index is 6.04. The summed E-state index contributed by atoms with van der Waals surface area (Å²) in [5.74, 6) is 2.91. The van der Waals surface area contributed by atoms with Crippen LogP contribution in [0.2, 0.25) is 0 Å². The van der Waals surface area contributed by atoms with Crippen molar-refractivity contribution in [2.75, 3.05) is 18.0 Å². The second-order valence-electron chi connectivity index (χ2n) is 6.40. The molecular weight excluding hydrogens is 268 g/mol. The maximum atomic E-state index is 6.04. The zero-order chi connectivity index (χ0) is 15.1. The van der Waals surface area contributed by atoms with Gasteiger partial charge in [0, 0.05) is 24.7 Å². The van der Waals surface area contributed by atoms with Gasteiger partial charge in [0.1, 0.15) is 5.82 Å². The number of aryl methyl sites for hydroxylation is 1. The van der Waals surface area contributed by atoms with Gasteiger partial charge in [-0.15, -0.1) is 11.6 Å². The first-order valence-electron chi connectivity index (χ1n) is 7.77. The first kappa shape index (κ1) is 17.3. The highest BCUT2D eigenvalue weighted by Crippen LogP contribution is 2.20. The van der Waals surface area contributed by atoms with Gasteiger partial charge in [0.15, 0.2) is 0 Å². The fourth-order valence-electron chi connectivity index (χ4n) is 2.40. The van der Waals surface area contributed by atoms with E-state index in [4.69, 9.17) is 16.6 Å². The lowest BCUT2D eigenvalue weighted by Crippen LogP contribution is -2.32. The Morgan fingerprint density at radius 1 is 1.10 bits per heavy atom. The van der Waals surface area contributed by atoms with E-state index in [0.29, 0.717) is 17.7 Å². The molecule has 0 aliphatic rings. The standard InChI is InChI=1S/C17H29ClN2/c1-6-7-16-8-15(10-18)9-17(19-16)20(11-13(2)3)12-14(4)5/h8-9,13-14H,6-7,10-12H2,1-5H3. The number of aromatic nitrogens is 1. The van der Waals surface area contributed by atoms with Gasteiger partial charge in [-0.1, -0.05) is 41.0 Å². The summed E-state index contributed by atoms with van der Waals surface area (Å²) in [5, 5.41) is 0. The third kappa shape index (κ3) is 5.70. The van der Waals surface area contributed by atoms with Crippen molar-refractivity contribution in [1.82, 2.24) is 4.98 Å². The highest BCUT2D eigenvalue weighted by Gasteiger charge is 2.13. The van der Waals surface area contributed by atoms with Crippen LogP contribution in [0, 0.1) is 11.8 Å². The Hall–Kier alpha value is -0.760. The summed E-state index contributed by atoms with van der Waals surface area (Å²) in [6.45, 7) is 13.3. The first-order valence-corrected chi connectivity index (χ1v) is 8.30. The van der Waals surface area contributed by atoms with Gasteiger partial charge in [0.25, 0.3) is 0 Å². The molecule has 1 rings (SSSR count). The molecule has 0 aromatic carbocycles. The zero-order valence-electron chi connectivity index (χ0n) is 13.6. The van der Waals surface area contributed by atoms with E-state index in [9.17, 15) is 0 Å². The molecular formula is C17H29ClN2. The van der Waals surface area contributed by atoms with Gasteiger partial charge < -0.3 is 4.90 Å². The van der Waals surface area contributed by atoms with Gasteiger partial charge in [-0.05, 0) is 36.0 Å². The highest BCUT2D eigenvalue weighted by atomic mass is 35.5. The maximum Gasteiger partial charge on any atom is 0.129 e. The second kappa shape index (κ2) is 8.51. The van der Waals surface area contributed by atoms with Crippen LogP contribution in [0.5, 0.6) is 0 Å². The van der Waals surface area contributed by atoms with Gasteiger partial charge in [-0.2, -0.15) is 0 Å². The van der Waals surface area contributed by atoms with Crippen molar-refractivity contribution in [3.8, 4) is 0 Å². The lowest BCUT2D eigenvalue weighted by Gasteiger charge is -2.28. The summed E-state index contributed by atoms with van der Waals surface area (Å²) < 4.78 is 0. The molecule has 0 spiro atoms. The minimum absolute atomic E-state index is 0.559. The number of nitrogens with zero attached hydrogens (tertiary/aromatic N) is 2. The molecule has 1 heterocycles. The van der Waals surface area contributed by atoms with Crippen LogP contribution in [0.25, 0.3) is 0 Å². The largest absolute Gasteiger partial charge is 0.356 e. The van der Waals surface area contributed by atoms with Crippen molar-refractivity contribution in [2.45, 2.75) is 53.3 Å². The topological polar surface area (TPSA) is 16.1 Å². The quantitative estimate of drug-likeness (QED) is 0.635. The number of halogens is 1. The summed E-state index contributed by atoms with van der Waals surface area (Å²) in [7, 11) is 0. The highest BCUT2D eigenvalue weighted by molar-refractivity contribution is 6.17. The molecule has 1 aromatic rings. The first-order chi connectivity index (χ1) is 9.46. The summed E-state index contributed by atoms with van der Waals surface area (Å²) in [6, 6.07) is 4.29. The number of alkyl halides is 1. The summed E-state index contributed by atoms with van der Waals surface area (Å²) in [6.07, 6.45) is 2.14. The minimum Gasteiger partial charge on any atom is -0.356 e. The Bertz CT molecular complexity index is 392. The SMILES string of the molecule is CCCc1cc(CCl)cc(N(CC(C)C)CC(C)C)n1. The molecule has 0 amide bonds. The van der Waals surface area contributed by atoms with Crippen LogP contribution in [0.1, 0.15) is 52.3 Å². The van der Waals surface area contributed by atoms with Crippen LogP contribution < -0.4 is 4.90 Å². The summed E-state index contributed by atoms with van der Waals surface area (Å²) >= 11 is 6.04. The van der Waals surface area contributed by atoms with Gasteiger partial charge in [-0.25, -0.2) is 4.98 Å². The van der Waals surface area contributed by atoms with Crippen LogP contribution >= 0.6 is 11.6 Å². The molecule has 0 N–H and O–H groups in total. The van der Waals surface area contributed by atoms with Gasteiger partial charge in [-0.3, -0.25) is 0 Å². The van der Waals surface area contributed by atoms with Crippen LogP contribution in [-0.4, -0.2) is 18.1 Å². The van der Waals surface area contributed by atoms with Crippen LogP contribution in [-0.2, 0) is 12.3 Å². The molecule has 0 fully saturated rings. The van der Waals surface area contributed by atoms with Crippen molar-refractivity contribution in [1.29, 1.82) is 0 Å². The van der Waals surface area contributed by atoms with Crippen molar-refractivity contribution in [3.05, 3.63) is 23.4 Å². The van der Waals surface area contributed by atoms with E-state index in [1.807, 2.05) is 0 Å². The predicted molar refractivity (Wildman–Crippen MR) is 89.7 cm³/mol. The minimum atomic E-state index is 0.559. The Balaban J connectivity index is 3.06. The molecule has 0 saturated carbocycles. The molecule has 0 atom stereocenters. The van der Waals surface area contributed by atoms with E-state index in [1.54, 1.807) is 0 Å². The van der Waals surface area contributed by atoms with E-state index in [1.165, 1.54) is 5.56 Å². The average molecular weight is 297 g/mol. The Morgan fingerprint density at radius 2 is 1.70 bits per heavy atom. The van der Waals surface area contributed by atoms with Gasteiger partial charge in [0.05, 0.1) is 0 Å². The fourth-order valence-corrected chi connectivity index (χ4v) is 2.55. The molecule has 3 heteroatoms. The number of anilines is 1. The van der Waals surface area contributed by atoms with E-state index >= 15 is 0 Å². The molecule has 0 aliphatic carbocycles. The Kier molecular flexibility index (Phi) is 7.36. The van der Waals surface area contributed by atoms with Crippen LogP contribution in [0.4, 0.5) is 5.82 Å². The molecule has 0 unspecified atom stereocenters. The normalized spacial score (nSPS) is 11.4. The van der Waals surface area contributed by atoms with Crippen LogP contribution in [0.3, 0.4) is 0 Å². The molecule has 0 radical (unpaired) electrons. The van der Waals surface area contributed by atoms with E-state index in [2.05, 4.69) is 51.7 Å². The Morgan fingerprint density at radius 3 is 2.15 bits per heavy atom. The van der Waals surface area contributed by atoms with Crippen molar-refractivity contribution in [3.63, 3.8) is 0 Å². The third-order valence-electron chi connectivity index (χ3n) is 3.08. The summed E-state index contributed by atoms with van der Waals surface area (Å²) in [5.41, 5.74) is 2.34. The van der Waals surface area contributed by atoms with E-state index < -0.39 is 0 Å². The molecule has 0 bridgehead atoms. The molecule has 2 nitrogen and oxygen atoms in total. The van der Waals surface area contributed by atoms with Gasteiger partial charge in [0.2, 0.25) is 0 Å². The number of hydrogen-bond acceptors (Lipinski definition) is 2. The van der Waals surface area contributed by atoms with E-state index in [-0.39, 0.29) is 0 Å². The average Bonchev–Trinajstić information content (AvgIpc) is 2.37. The molecule has 0 saturated heterocycles. The number of pyridine rings is 1. The van der Waals surface area contributed by atoms with Gasteiger partial charge >= 0.3 is 0 Å². The van der Waals surface area contributed by atoms with Crippen LogP contribution in [0.15, 0.2) is 12.1 Å². The number of hydrogen-bond donors (Lipinski definition) is 0. The lowest BCUT2D eigenvalue weighted by atomic mass is 10.1. The zero-order valence-corrected chi connectivity index (χ0v) is 14.4. The lowest BCUT2D eigenvalue weighted by molar-refractivity contribution is 0.548. The number of rotatable bonds is 8. The Labute approximate surface area is 129 Å².